The van der Waals surface area contributed by atoms with Crippen LogP contribution < -0.4 is 22.2 Å². The third-order valence-corrected chi connectivity index (χ3v) is 7.64. The van der Waals surface area contributed by atoms with Gasteiger partial charge in [0, 0.05) is 23.8 Å². The molecule has 1 aliphatic heterocycles. The lowest BCUT2D eigenvalue weighted by Gasteiger charge is -2.28. The maximum Gasteiger partial charge on any atom is 0.348 e. The molecule has 0 aliphatic carbocycles. The molecule has 0 radical (unpaired) electrons. The first kappa shape index (κ1) is 28.7. The molecule has 1 fully saturated rings. The predicted molar refractivity (Wildman–Crippen MR) is 150 cm³/mol. The fourth-order valence-electron chi connectivity index (χ4n) is 4.89. The van der Waals surface area contributed by atoms with Gasteiger partial charge in [0.25, 0.3) is 5.56 Å². The van der Waals surface area contributed by atoms with E-state index in [2.05, 4.69) is 15.9 Å². The summed E-state index contributed by atoms with van der Waals surface area (Å²) in [5.41, 5.74) is 5.22. The molecule has 0 saturated carbocycles. The molecule has 1 aliphatic rings. The molecule has 2 amide bonds. The van der Waals surface area contributed by atoms with Crippen LogP contribution in [0.5, 0.6) is 0 Å². The van der Waals surface area contributed by atoms with E-state index in [-0.39, 0.29) is 5.92 Å². The van der Waals surface area contributed by atoms with Crippen LogP contribution in [0.25, 0.3) is 10.9 Å². The normalized spacial score (nSPS) is 17.2. The fraction of sp³-hybridized carbons (Fsp3) is 0.500. The lowest BCUT2D eigenvalue weighted by Crippen LogP contribution is -2.48. The van der Waals surface area contributed by atoms with Gasteiger partial charge >= 0.3 is 5.69 Å². The van der Waals surface area contributed by atoms with Crippen LogP contribution in [0.4, 0.5) is 0 Å². The molecule has 0 bridgehead atoms. The summed E-state index contributed by atoms with van der Waals surface area (Å²) in [5.74, 6) is -2.48. The van der Waals surface area contributed by atoms with Crippen LogP contribution in [0.2, 0.25) is 0 Å². The average molecular weight is 557 g/mol. The molecule has 1 aromatic carbocycles. The highest BCUT2D eigenvalue weighted by Gasteiger charge is 2.35. The summed E-state index contributed by atoms with van der Waals surface area (Å²) in [6.07, 6.45) is 4.22. The molecular formula is C28H36N4O6S. The second kappa shape index (κ2) is 13.7. The van der Waals surface area contributed by atoms with Gasteiger partial charge in [0.2, 0.25) is 11.8 Å². The van der Waals surface area contributed by atoms with Crippen LogP contribution in [-0.4, -0.2) is 34.4 Å². The molecule has 210 valence electrons. The summed E-state index contributed by atoms with van der Waals surface area (Å²) < 4.78 is 6.25. The molecule has 39 heavy (non-hydrogen) atoms. The van der Waals surface area contributed by atoms with Crippen molar-refractivity contribution < 1.29 is 19.2 Å². The number of H-pyrrole nitrogens is 1. The smallest absolute Gasteiger partial charge is 0.348 e. The highest BCUT2D eigenvalue weighted by molar-refractivity contribution is 7.09. The number of amides is 2. The minimum absolute atomic E-state index is 0.0714. The number of aromatic nitrogens is 2. The SMILES string of the molecule is CC(C)C[C@@H](C(=O)Nn1c(=O)[nH]c2cscc2c1=O)[C@H](CCCc1ccccc1)C(=O)NOC1CCCCO1. The van der Waals surface area contributed by atoms with Crippen molar-refractivity contribution in [2.24, 2.45) is 17.8 Å². The van der Waals surface area contributed by atoms with E-state index in [9.17, 15) is 19.2 Å². The highest BCUT2D eigenvalue weighted by atomic mass is 32.1. The van der Waals surface area contributed by atoms with E-state index in [1.807, 2.05) is 44.2 Å². The molecule has 4 rings (SSSR count). The molecule has 2 aromatic heterocycles. The number of hydroxylamine groups is 1. The lowest BCUT2D eigenvalue weighted by atomic mass is 9.81. The maximum absolute atomic E-state index is 13.6. The number of benzene rings is 1. The van der Waals surface area contributed by atoms with Crippen molar-refractivity contribution in [2.75, 3.05) is 12.0 Å². The van der Waals surface area contributed by atoms with Crippen molar-refractivity contribution in [3.05, 3.63) is 67.5 Å². The number of nitrogens with zero attached hydrogens (tertiary/aromatic N) is 1. The van der Waals surface area contributed by atoms with E-state index in [1.54, 1.807) is 10.8 Å². The Morgan fingerprint density at radius 3 is 2.64 bits per heavy atom. The van der Waals surface area contributed by atoms with Gasteiger partial charge in [-0.2, -0.15) is 4.68 Å². The summed E-state index contributed by atoms with van der Waals surface area (Å²) in [4.78, 5) is 60.8. The van der Waals surface area contributed by atoms with E-state index >= 15 is 0 Å². The van der Waals surface area contributed by atoms with Crippen molar-refractivity contribution in [2.45, 2.75) is 65.1 Å². The van der Waals surface area contributed by atoms with Crippen molar-refractivity contribution >= 4 is 34.1 Å². The van der Waals surface area contributed by atoms with Crippen LogP contribution in [-0.2, 0) is 25.6 Å². The molecule has 10 nitrogen and oxygen atoms in total. The van der Waals surface area contributed by atoms with Crippen LogP contribution in [0.15, 0.2) is 50.7 Å². The Labute approximate surface area is 230 Å². The minimum atomic E-state index is -0.805. The van der Waals surface area contributed by atoms with Gasteiger partial charge < -0.3 is 9.72 Å². The van der Waals surface area contributed by atoms with Gasteiger partial charge in [-0.3, -0.25) is 19.8 Å². The Kier molecular flexibility index (Phi) is 10.1. The zero-order valence-corrected chi connectivity index (χ0v) is 23.1. The van der Waals surface area contributed by atoms with Crippen molar-refractivity contribution in [1.29, 1.82) is 0 Å². The maximum atomic E-state index is 13.6. The topological polar surface area (TPSA) is 132 Å². The first-order valence-corrected chi connectivity index (χ1v) is 14.4. The number of carbonyl (C=O) groups excluding carboxylic acids is 2. The Balaban J connectivity index is 1.55. The van der Waals surface area contributed by atoms with Crippen molar-refractivity contribution in [3.8, 4) is 0 Å². The molecule has 0 spiro atoms. The van der Waals surface area contributed by atoms with E-state index in [4.69, 9.17) is 9.57 Å². The summed E-state index contributed by atoms with van der Waals surface area (Å²) in [7, 11) is 0. The number of aromatic amines is 1. The van der Waals surface area contributed by atoms with Gasteiger partial charge in [0.05, 0.1) is 22.7 Å². The number of carbonyl (C=O) groups is 2. The largest absolute Gasteiger partial charge is 0.350 e. The average Bonchev–Trinajstić information content (AvgIpc) is 3.40. The first-order chi connectivity index (χ1) is 18.8. The Morgan fingerprint density at radius 2 is 1.92 bits per heavy atom. The van der Waals surface area contributed by atoms with Crippen LogP contribution in [0.1, 0.15) is 57.9 Å². The van der Waals surface area contributed by atoms with E-state index in [0.717, 1.165) is 24.8 Å². The van der Waals surface area contributed by atoms with E-state index in [1.165, 1.54) is 11.3 Å². The highest BCUT2D eigenvalue weighted by Crippen LogP contribution is 2.27. The quantitative estimate of drug-likeness (QED) is 0.292. The Morgan fingerprint density at radius 1 is 1.13 bits per heavy atom. The van der Waals surface area contributed by atoms with Crippen molar-refractivity contribution in [3.63, 3.8) is 0 Å². The molecule has 3 heterocycles. The number of hydrogen-bond acceptors (Lipinski definition) is 7. The van der Waals surface area contributed by atoms with E-state index in [0.29, 0.717) is 47.9 Å². The molecule has 11 heteroatoms. The van der Waals surface area contributed by atoms with Crippen LogP contribution >= 0.6 is 11.3 Å². The molecule has 1 unspecified atom stereocenters. The van der Waals surface area contributed by atoms with Crippen LogP contribution in [0.3, 0.4) is 0 Å². The second-order valence-corrected chi connectivity index (χ2v) is 11.1. The predicted octanol–water partition coefficient (Wildman–Crippen LogP) is 3.70. The number of rotatable bonds is 12. The summed E-state index contributed by atoms with van der Waals surface area (Å²) in [6.45, 7) is 4.49. The number of aryl methyl sites for hydroxylation is 1. The number of nitrogens with one attached hydrogen (secondary N) is 3. The third-order valence-electron chi connectivity index (χ3n) is 6.90. The fourth-order valence-corrected chi connectivity index (χ4v) is 5.64. The zero-order valence-electron chi connectivity index (χ0n) is 22.3. The summed E-state index contributed by atoms with van der Waals surface area (Å²) >= 11 is 1.28. The lowest BCUT2D eigenvalue weighted by molar-refractivity contribution is -0.203. The molecule has 3 aromatic rings. The molecule has 3 N–H and O–H groups in total. The minimum Gasteiger partial charge on any atom is -0.350 e. The summed E-state index contributed by atoms with van der Waals surface area (Å²) in [6, 6.07) is 9.93. The first-order valence-electron chi connectivity index (χ1n) is 13.5. The van der Waals surface area contributed by atoms with Gasteiger partial charge in [0.1, 0.15) is 0 Å². The molecule has 3 atom stereocenters. The molecule has 1 saturated heterocycles. The Bertz CT molecular complexity index is 1360. The molecular weight excluding hydrogens is 520 g/mol. The van der Waals surface area contributed by atoms with E-state index < -0.39 is 41.2 Å². The summed E-state index contributed by atoms with van der Waals surface area (Å²) in [5, 5.41) is 3.58. The number of hydrogen-bond donors (Lipinski definition) is 3. The van der Waals surface area contributed by atoms with Gasteiger partial charge in [-0.25, -0.2) is 15.1 Å². The standard InChI is InChI=1S/C28H36N4O6S/c1-18(2)15-21(25(33)30-32-27(35)22-16-39-17-23(22)29-28(32)36)20(12-8-11-19-9-4-3-5-10-19)26(34)31-38-24-13-6-7-14-37-24/h3-5,9-10,16-18,20-21,24H,6-8,11-15H2,1-2H3,(H,29,36)(H,30,33)(H,31,34)/t20-,21+,24?/m0/s1. The van der Waals surface area contributed by atoms with Gasteiger partial charge in [0.15, 0.2) is 6.29 Å². The number of fused-ring (bicyclic) bond motifs is 1. The van der Waals surface area contributed by atoms with Crippen molar-refractivity contribution in [1.82, 2.24) is 15.1 Å². The van der Waals surface area contributed by atoms with Gasteiger partial charge in [-0.05, 0) is 50.0 Å². The second-order valence-electron chi connectivity index (χ2n) is 10.3. The third kappa shape index (κ3) is 7.65. The number of thiophene rings is 1. The number of ether oxygens (including phenoxy) is 1. The monoisotopic (exact) mass is 556 g/mol. The Hall–Kier alpha value is -3.28. The van der Waals surface area contributed by atoms with Gasteiger partial charge in [-0.1, -0.05) is 44.2 Å². The zero-order chi connectivity index (χ0) is 27.8. The van der Waals surface area contributed by atoms with Crippen LogP contribution in [0, 0.1) is 17.8 Å². The van der Waals surface area contributed by atoms with Gasteiger partial charge in [-0.15, -0.1) is 11.3 Å².